The lowest BCUT2D eigenvalue weighted by Crippen LogP contribution is -2.51. The Kier molecular flexibility index (Phi) is 5.26. The zero-order chi connectivity index (χ0) is 13.7. The summed E-state index contributed by atoms with van der Waals surface area (Å²) in [6.45, 7) is 3.51. The third kappa shape index (κ3) is 3.13. The molecule has 3 nitrogen and oxygen atoms in total. The van der Waals surface area contributed by atoms with Crippen molar-refractivity contribution in [2.45, 2.75) is 77.2 Å². The summed E-state index contributed by atoms with van der Waals surface area (Å²) in [6, 6.07) is 0.490. The largest absolute Gasteiger partial charge is 0.339 e. The lowest BCUT2D eigenvalue weighted by atomic mass is 9.78. The molecule has 110 valence electrons. The lowest BCUT2D eigenvalue weighted by Gasteiger charge is -2.38. The highest BCUT2D eigenvalue weighted by Crippen LogP contribution is 2.37. The first-order chi connectivity index (χ1) is 9.23. The molecule has 0 bridgehead atoms. The van der Waals surface area contributed by atoms with Crippen LogP contribution in [0.1, 0.15) is 71.1 Å². The molecule has 2 rings (SSSR count). The zero-order valence-electron chi connectivity index (χ0n) is 12.5. The number of rotatable bonds is 4. The van der Waals surface area contributed by atoms with Crippen LogP contribution in [0.15, 0.2) is 0 Å². The van der Waals surface area contributed by atoms with Crippen LogP contribution in [-0.2, 0) is 4.79 Å². The van der Waals surface area contributed by atoms with E-state index < -0.39 is 0 Å². The topological polar surface area (TPSA) is 46.3 Å². The van der Waals surface area contributed by atoms with Crippen molar-refractivity contribution in [3.05, 3.63) is 0 Å². The minimum Gasteiger partial charge on any atom is -0.339 e. The van der Waals surface area contributed by atoms with Crippen LogP contribution in [0.2, 0.25) is 0 Å². The van der Waals surface area contributed by atoms with Crippen LogP contribution in [0.25, 0.3) is 0 Å². The van der Waals surface area contributed by atoms with Crippen molar-refractivity contribution in [3.8, 4) is 0 Å². The Morgan fingerprint density at radius 2 is 1.68 bits per heavy atom. The molecular formula is C16H30N2O. The zero-order valence-corrected chi connectivity index (χ0v) is 12.5. The predicted molar refractivity (Wildman–Crippen MR) is 78.8 cm³/mol. The molecule has 0 saturated heterocycles. The van der Waals surface area contributed by atoms with Gasteiger partial charge in [-0.2, -0.15) is 0 Å². The molecule has 2 saturated carbocycles. The SMILES string of the molecule is CCN(C(=O)C1(CN)CCCCCC1)C1CCCC1. The second-order valence-electron chi connectivity index (χ2n) is 6.43. The third-order valence-corrected chi connectivity index (χ3v) is 5.27. The fourth-order valence-corrected chi connectivity index (χ4v) is 4.00. The van der Waals surface area contributed by atoms with E-state index >= 15 is 0 Å². The standard InChI is InChI=1S/C16H30N2O/c1-2-18(14-9-5-6-10-14)15(19)16(13-17)11-7-3-4-8-12-16/h14H,2-13,17H2,1H3. The van der Waals surface area contributed by atoms with E-state index in [4.69, 9.17) is 5.73 Å². The molecule has 0 aromatic carbocycles. The Morgan fingerprint density at radius 1 is 1.11 bits per heavy atom. The van der Waals surface area contributed by atoms with Crippen LogP contribution in [0.4, 0.5) is 0 Å². The smallest absolute Gasteiger partial charge is 0.230 e. The molecule has 0 spiro atoms. The monoisotopic (exact) mass is 266 g/mol. The van der Waals surface area contributed by atoms with E-state index in [1.54, 1.807) is 0 Å². The van der Waals surface area contributed by atoms with Gasteiger partial charge in [0.2, 0.25) is 5.91 Å². The molecule has 0 aromatic rings. The van der Waals surface area contributed by atoms with Crippen LogP contribution >= 0.6 is 0 Å². The highest BCUT2D eigenvalue weighted by molar-refractivity contribution is 5.83. The number of carbonyl (C=O) groups is 1. The summed E-state index contributed by atoms with van der Waals surface area (Å²) in [5.74, 6) is 0.367. The molecule has 0 radical (unpaired) electrons. The van der Waals surface area contributed by atoms with Gasteiger partial charge in [-0.1, -0.05) is 38.5 Å². The molecule has 0 atom stereocenters. The van der Waals surface area contributed by atoms with Crippen molar-refractivity contribution in [2.75, 3.05) is 13.1 Å². The molecule has 0 heterocycles. The summed E-state index contributed by atoms with van der Waals surface area (Å²) in [4.78, 5) is 15.2. The van der Waals surface area contributed by atoms with E-state index in [0.717, 1.165) is 19.4 Å². The maximum Gasteiger partial charge on any atom is 0.230 e. The van der Waals surface area contributed by atoms with E-state index in [-0.39, 0.29) is 5.41 Å². The van der Waals surface area contributed by atoms with Gasteiger partial charge in [-0.05, 0) is 32.6 Å². The van der Waals surface area contributed by atoms with Gasteiger partial charge in [-0.15, -0.1) is 0 Å². The second-order valence-corrected chi connectivity index (χ2v) is 6.43. The van der Waals surface area contributed by atoms with Crippen molar-refractivity contribution in [2.24, 2.45) is 11.1 Å². The van der Waals surface area contributed by atoms with Gasteiger partial charge in [-0.3, -0.25) is 4.79 Å². The lowest BCUT2D eigenvalue weighted by molar-refractivity contribution is -0.144. The van der Waals surface area contributed by atoms with E-state index in [1.165, 1.54) is 51.4 Å². The Morgan fingerprint density at radius 3 is 2.16 bits per heavy atom. The van der Waals surface area contributed by atoms with Crippen LogP contribution in [0, 0.1) is 5.41 Å². The summed E-state index contributed by atoms with van der Waals surface area (Å²) in [7, 11) is 0. The summed E-state index contributed by atoms with van der Waals surface area (Å²) in [5, 5.41) is 0. The maximum atomic E-state index is 13.1. The molecule has 3 heteroatoms. The van der Waals surface area contributed by atoms with Crippen molar-refractivity contribution in [1.29, 1.82) is 0 Å². The van der Waals surface area contributed by atoms with Gasteiger partial charge < -0.3 is 10.6 Å². The number of hydrogen-bond acceptors (Lipinski definition) is 2. The molecule has 0 unspecified atom stereocenters. The molecule has 19 heavy (non-hydrogen) atoms. The summed E-state index contributed by atoms with van der Waals surface area (Å²) < 4.78 is 0. The first-order valence-corrected chi connectivity index (χ1v) is 8.24. The Balaban J connectivity index is 2.12. The van der Waals surface area contributed by atoms with Crippen LogP contribution in [0.3, 0.4) is 0 Å². The summed E-state index contributed by atoms with van der Waals surface area (Å²) in [5.41, 5.74) is 5.81. The quantitative estimate of drug-likeness (QED) is 0.795. The van der Waals surface area contributed by atoms with Crippen molar-refractivity contribution in [1.82, 2.24) is 4.90 Å². The van der Waals surface area contributed by atoms with E-state index in [0.29, 0.717) is 18.5 Å². The average Bonchev–Trinajstić information content (AvgIpc) is 2.84. The number of amides is 1. The first kappa shape index (κ1) is 14.8. The maximum absolute atomic E-state index is 13.1. The van der Waals surface area contributed by atoms with Crippen molar-refractivity contribution >= 4 is 5.91 Å². The normalized spacial score (nSPS) is 24.1. The first-order valence-electron chi connectivity index (χ1n) is 8.24. The Hall–Kier alpha value is -0.570. The molecule has 2 aliphatic rings. The van der Waals surface area contributed by atoms with Crippen LogP contribution in [-0.4, -0.2) is 29.9 Å². The number of carbonyl (C=O) groups excluding carboxylic acids is 1. The summed E-state index contributed by atoms with van der Waals surface area (Å²) >= 11 is 0. The Bertz CT molecular complexity index is 289. The molecule has 2 N–H and O–H groups in total. The molecule has 2 aliphatic carbocycles. The molecular weight excluding hydrogens is 236 g/mol. The van der Waals surface area contributed by atoms with Crippen LogP contribution < -0.4 is 5.73 Å². The van der Waals surface area contributed by atoms with Gasteiger partial charge >= 0.3 is 0 Å². The summed E-state index contributed by atoms with van der Waals surface area (Å²) in [6.07, 6.45) is 11.8. The minimum atomic E-state index is -0.241. The van der Waals surface area contributed by atoms with Gasteiger partial charge in [0, 0.05) is 19.1 Å². The van der Waals surface area contributed by atoms with Gasteiger partial charge in [0.15, 0.2) is 0 Å². The second kappa shape index (κ2) is 6.74. The highest BCUT2D eigenvalue weighted by atomic mass is 16.2. The number of nitrogens with two attached hydrogens (primary N) is 1. The van der Waals surface area contributed by atoms with Gasteiger partial charge in [0.25, 0.3) is 0 Å². The molecule has 0 aromatic heterocycles. The predicted octanol–water partition coefficient (Wildman–Crippen LogP) is 3.08. The van der Waals surface area contributed by atoms with Crippen molar-refractivity contribution in [3.63, 3.8) is 0 Å². The molecule has 0 aliphatic heterocycles. The van der Waals surface area contributed by atoms with Crippen LogP contribution in [0.5, 0.6) is 0 Å². The van der Waals surface area contributed by atoms with E-state index in [9.17, 15) is 4.79 Å². The van der Waals surface area contributed by atoms with Gasteiger partial charge in [0.1, 0.15) is 0 Å². The average molecular weight is 266 g/mol. The fourth-order valence-electron chi connectivity index (χ4n) is 4.00. The number of nitrogens with zero attached hydrogens (tertiary/aromatic N) is 1. The fraction of sp³-hybridized carbons (Fsp3) is 0.938. The Labute approximate surface area is 117 Å². The third-order valence-electron chi connectivity index (χ3n) is 5.27. The minimum absolute atomic E-state index is 0.241. The number of hydrogen-bond donors (Lipinski definition) is 1. The molecule has 2 fully saturated rings. The molecule has 1 amide bonds. The van der Waals surface area contributed by atoms with E-state index in [1.807, 2.05) is 0 Å². The van der Waals surface area contributed by atoms with Gasteiger partial charge in [0.05, 0.1) is 5.41 Å². The van der Waals surface area contributed by atoms with E-state index in [2.05, 4.69) is 11.8 Å². The highest BCUT2D eigenvalue weighted by Gasteiger charge is 2.41. The van der Waals surface area contributed by atoms with Crippen molar-refractivity contribution < 1.29 is 4.79 Å². The van der Waals surface area contributed by atoms with Gasteiger partial charge in [-0.25, -0.2) is 0 Å².